The molecule has 0 aromatic heterocycles. The molecule has 8 heteroatoms. The standard InChI is InChI=1S/C13H9BrClN3O3/c14-11-7-9(3-6-12(11)15)17-13(19)16-8-1-4-10(5-2-8)18(20)21/h1-7H,(H2,16,17,19). The van der Waals surface area contributed by atoms with Crippen molar-refractivity contribution in [2.75, 3.05) is 10.6 Å². The Bertz CT molecular complexity index is 692. The lowest BCUT2D eigenvalue weighted by molar-refractivity contribution is -0.384. The quantitative estimate of drug-likeness (QED) is 0.609. The van der Waals surface area contributed by atoms with Crippen molar-refractivity contribution in [2.45, 2.75) is 0 Å². The fourth-order valence-corrected chi connectivity index (χ4v) is 2.03. The molecule has 2 N–H and O–H groups in total. The van der Waals surface area contributed by atoms with Gasteiger partial charge in [0.25, 0.3) is 5.69 Å². The molecule has 2 aromatic rings. The molecule has 0 heterocycles. The molecule has 0 radical (unpaired) electrons. The number of hydrogen-bond donors (Lipinski definition) is 2. The van der Waals surface area contributed by atoms with E-state index in [9.17, 15) is 14.9 Å². The third kappa shape index (κ3) is 4.17. The minimum atomic E-state index is -0.505. The zero-order valence-corrected chi connectivity index (χ0v) is 12.8. The number of benzene rings is 2. The Morgan fingerprint density at radius 2 is 1.67 bits per heavy atom. The normalized spacial score (nSPS) is 10.0. The number of nitrogens with zero attached hydrogens (tertiary/aromatic N) is 1. The topological polar surface area (TPSA) is 84.3 Å². The van der Waals surface area contributed by atoms with E-state index in [1.807, 2.05) is 0 Å². The van der Waals surface area contributed by atoms with Crippen LogP contribution in [0.1, 0.15) is 0 Å². The first-order valence-electron chi connectivity index (χ1n) is 5.73. The van der Waals surface area contributed by atoms with Crippen LogP contribution in [-0.4, -0.2) is 11.0 Å². The van der Waals surface area contributed by atoms with Crippen molar-refractivity contribution >= 4 is 50.6 Å². The van der Waals surface area contributed by atoms with Crippen LogP contribution in [-0.2, 0) is 0 Å². The van der Waals surface area contributed by atoms with E-state index >= 15 is 0 Å². The Hall–Kier alpha value is -2.12. The van der Waals surface area contributed by atoms with E-state index in [4.69, 9.17) is 11.6 Å². The molecule has 2 aromatic carbocycles. The Morgan fingerprint density at radius 3 is 2.24 bits per heavy atom. The maximum absolute atomic E-state index is 11.8. The largest absolute Gasteiger partial charge is 0.323 e. The number of nitrogens with one attached hydrogen (secondary N) is 2. The number of nitro benzene ring substituents is 1. The number of carbonyl (C=O) groups excluding carboxylic acids is 1. The molecule has 2 amide bonds. The van der Waals surface area contributed by atoms with Gasteiger partial charge in [-0.1, -0.05) is 11.6 Å². The van der Waals surface area contributed by atoms with Crippen LogP contribution in [0.2, 0.25) is 5.02 Å². The molecule has 0 saturated heterocycles. The maximum Gasteiger partial charge on any atom is 0.323 e. The van der Waals surface area contributed by atoms with Gasteiger partial charge in [-0.2, -0.15) is 0 Å². The first-order valence-corrected chi connectivity index (χ1v) is 6.90. The molecule has 0 spiro atoms. The van der Waals surface area contributed by atoms with Crippen LogP contribution >= 0.6 is 27.5 Å². The van der Waals surface area contributed by atoms with Crippen LogP contribution in [0, 0.1) is 10.1 Å². The second-order valence-electron chi connectivity index (χ2n) is 4.01. The zero-order valence-electron chi connectivity index (χ0n) is 10.5. The molecule has 0 atom stereocenters. The number of nitro groups is 1. The number of rotatable bonds is 3. The second-order valence-corrected chi connectivity index (χ2v) is 5.27. The second kappa shape index (κ2) is 6.55. The Morgan fingerprint density at radius 1 is 1.10 bits per heavy atom. The lowest BCUT2D eigenvalue weighted by Gasteiger charge is -2.08. The molecule has 0 bridgehead atoms. The summed E-state index contributed by atoms with van der Waals surface area (Å²) in [6.45, 7) is 0. The summed E-state index contributed by atoms with van der Waals surface area (Å²) in [5.41, 5.74) is 0.972. The highest BCUT2D eigenvalue weighted by atomic mass is 79.9. The first kappa shape index (κ1) is 15.3. The van der Waals surface area contributed by atoms with E-state index in [1.54, 1.807) is 18.2 Å². The van der Waals surface area contributed by atoms with Gasteiger partial charge in [-0.3, -0.25) is 10.1 Å². The van der Waals surface area contributed by atoms with Gasteiger partial charge in [0, 0.05) is 28.0 Å². The first-order chi connectivity index (χ1) is 9.95. The lowest BCUT2D eigenvalue weighted by atomic mass is 10.3. The summed E-state index contributed by atoms with van der Waals surface area (Å²) in [7, 11) is 0. The van der Waals surface area contributed by atoms with Crippen molar-refractivity contribution in [1.82, 2.24) is 0 Å². The predicted molar refractivity (Wildman–Crippen MR) is 84.9 cm³/mol. The fraction of sp³-hybridized carbons (Fsp3) is 0. The average molecular weight is 371 g/mol. The average Bonchev–Trinajstić information content (AvgIpc) is 2.43. The lowest BCUT2D eigenvalue weighted by Crippen LogP contribution is -2.19. The van der Waals surface area contributed by atoms with Crippen molar-refractivity contribution in [3.8, 4) is 0 Å². The van der Waals surface area contributed by atoms with E-state index in [1.165, 1.54) is 24.3 Å². The molecule has 0 aliphatic carbocycles. The van der Waals surface area contributed by atoms with Gasteiger partial charge < -0.3 is 10.6 Å². The van der Waals surface area contributed by atoms with Gasteiger partial charge in [0.05, 0.1) is 9.95 Å². The number of non-ortho nitro benzene ring substituents is 1. The SMILES string of the molecule is O=C(Nc1ccc([N+](=O)[O-])cc1)Nc1ccc(Cl)c(Br)c1. The molecule has 0 unspecified atom stereocenters. The third-order valence-electron chi connectivity index (χ3n) is 2.51. The van der Waals surface area contributed by atoms with Crippen LogP contribution in [0.25, 0.3) is 0 Å². The molecule has 0 saturated carbocycles. The highest BCUT2D eigenvalue weighted by Gasteiger charge is 2.07. The van der Waals surface area contributed by atoms with Crippen LogP contribution in [0.15, 0.2) is 46.9 Å². The minimum Gasteiger partial charge on any atom is -0.308 e. The van der Waals surface area contributed by atoms with Crippen LogP contribution in [0.4, 0.5) is 21.9 Å². The number of anilines is 2. The van der Waals surface area contributed by atoms with Crippen LogP contribution in [0.5, 0.6) is 0 Å². The van der Waals surface area contributed by atoms with Gasteiger partial charge in [0.2, 0.25) is 0 Å². The smallest absolute Gasteiger partial charge is 0.308 e. The minimum absolute atomic E-state index is 0.0393. The van der Waals surface area contributed by atoms with Gasteiger partial charge in [-0.05, 0) is 46.3 Å². The number of amides is 2. The Kier molecular flexibility index (Phi) is 4.77. The van der Waals surface area contributed by atoms with Gasteiger partial charge in [-0.15, -0.1) is 0 Å². The summed E-state index contributed by atoms with van der Waals surface area (Å²) in [5, 5.41) is 16.3. The van der Waals surface area contributed by atoms with Gasteiger partial charge in [0.1, 0.15) is 0 Å². The van der Waals surface area contributed by atoms with E-state index in [2.05, 4.69) is 26.6 Å². The highest BCUT2D eigenvalue weighted by Crippen LogP contribution is 2.25. The zero-order chi connectivity index (χ0) is 15.4. The maximum atomic E-state index is 11.8. The van der Waals surface area contributed by atoms with Crippen molar-refractivity contribution in [3.63, 3.8) is 0 Å². The van der Waals surface area contributed by atoms with Gasteiger partial charge in [-0.25, -0.2) is 4.79 Å². The molecule has 2 rings (SSSR count). The van der Waals surface area contributed by atoms with Crippen LogP contribution in [0.3, 0.4) is 0 Å². The predicted octanol–water partition coefficient (Wildman–Crippen LogP) is 4.65. The summed E-state index contributed by atoms with van der Waals surface area (Å²) in [5.74, 6) is 0. The van der Waals surface area contributed by atoms with E-state index in [0.717, 1.165) is 0 Å². The van der Waals surface area contributed by atoms with Gasteiger partial charge >= 0.3 is 6.03 Å². The van der Waals surface area contributed by atoms with E-state index in [0.29, 0.717) is 20.9 Å². The van der Waals surface area contributed by atoms with Crippen LogP contribution < -0.4 is 10.6 Å². The fourth-order valence-electron chi connectivity index (χ4n) is 1.53. The summed E-state index contributed by atoms with van der Waals surface area (Å²) in [6.07, 6.45) is 0. The summed E-state index contributed by atoms with van der Waals surface area (Å²) < 4.78 is 0.664. The van der Waals surface area contributed by atoms with Crippen molar-refractivity contribution in [2.24, 2.45) is 0 Å². The molecule has 108 valence electrons. The number of halogens is 2. The third-order valence-corrected chi connectivity index (χ3v) is 3.73. The molecule has 0 aliphatic rings. The summed E-state index contributed by atoms with van der Waals surface area (Å²) in [4.78, 5) is 21.8. The summed E-state index contributed by atoms with van der Waals surface area (Å²) in [6, 6.07) is 10.0. The van der Waals surface area contributed by atoms with Gasteiger partial charge in [0.15, 0.2) is 0 Å². The Labute approximate surface area is 133 Å². The molecule has 6 nitrogen and oxygen atoms in total. The number of carbonyl (C=O) groups is 1. The summed E-state index contributed by atoms with van der Waals surface area (Å²) >= 11 is 9.11. The Balaban J connectivity index is 2.01. The van der Waals surface area contributed by atoms with Crippen molar-refractivity contribution in [3.05, 3.63) is 62.1 Å². The molecule has 0 fully saturated rings. The molecular formula is C13H9BrClN3O3. The van der Waals surface area contributed by atoms with Crippen molar-refractivity contribution in [1.29, 1.82) is 0 Å². The van der Waals surface area contributed by atoms with E-state index in [-0.39, 0.29) is 5.69 Å². The van der Waals surface area contributed by atoms with Crippen molar-refractivity contribution < 1.29 is 9.72 Å². The highest BCUT2D eigenvalue weighted by molar-refractivity contribution is 9.10. The monoisotopic (exact) mass is 369 g/mol. The molecule has 0 aliphatic heterocycles. The molecule has 21 heavy (non-hydrogen) atoms. The van der Waals surface area contributed by atoms with E-state index < -0.39 is 11.0 Å². The number of hydrogen-bond acceptors (Lipinski definition) is 3. The molecular weight excluding hydrogens is 362 g/mol. The number of urea groups is 1.